The van der Waals surface area contributed by atoms with Crippen LogP contribution in [0.3, 0.4) is 0 Å². The van der Waals surface area contributed by atoms with E-state index in [2.05, 4.69) is 41.5 Å². The van der Waals surface area contributed by atoms with Gasteiger partial charge in [-0.2, -0.15) is 0 Å². The van der Waals surface area contributed by atoms with Gasteiger partial charge in [0.25, 0.3) is 0 Å². The van der Waals surface area contributed by atoms with Crippen LogP contribution in [-0.2, 0) is 65.4 Å². The Balaban J connectivity index is 5.25. The zero-order valence-corrected chi connectivity index (χ0v) is 62.3. The zero-order chi connectivity index (χ0) is 68.6. The van der Waals surface area contributed by atoms with Crippen LogP contribution in [0, 0.1) is 11.8 Å². The van der Waals surface area contributed by atoms with Crippen LogP contribution >= 0.6 is 15.6 Å². The number of carbonyl (C=O) groups excluding carboxylic acids is 4. The topological polar surface area (TPSA) is 237 Å². The summed E-state index contributed by atoms with van der Waals surface area (Å²) in [6.07, 6.45) is 52.5. The van der Waals surface area contributed by atoms with Gasteiger partial charge in [-0.1, -0.05) is 330 Å². The molecule has 552 valence electrons. The molecule has 0 amide bonds. The van der Waals surface area contributed by atoms with Gasteiger partial charge in [-0.05, 0) is 37.5 Å². The first-order valence-corrected chi connectivity index (χ1v) is 41.5. The van der Waals surface area contributed by atoms with Crippen LogP contribution in [-0.4, -0.2) is 96.7 Å². The molecule has 0 saturated carbocycles. The van der Waals surface area contributed by atoms with Gasteiger partial charge in [0, 0.05) is 25.7 Å². The minimum absolute atomic E-state index is 0.107. The number of phosphoric acid groups is 2. The molecule has 0 saturated heterocycles. The number of ether oxygens (including phenoxy) is 4. The van der Waals surface area contributed by atoms with Gasteiger partial charge in [-0.15, -0.1) is 0 Å². The summed E-state index contributed by atoms with van der Waals surface area (Å²) in [6.45, 7) is 9.60. The Morgan fingerprint density at radius 2 is 0.495 bits per heavy atom. The number of aliphatic hydroxyl groups is 1. The highest BCUT2D eigenvalue weighted by Crippen LogP contribution is 2.45. The highest BCUT2D eigenvalue weighted by Gasteiger charge is 2.30. The van der Waals surface area contributed by atoms with E-state index in [9.17, 15) is 43.2 Å². The lowest BCUT2D eigenvalue weighted by Gasteiger charge is -2.21. The molecular formula is C74H144O17P2. The molecule has 0 spiro atoms. The first-order chi connectivity index (χ1) is 44.9. The summed E-state index contributed by atoms with van der Waals surface area (Å²) in [5.74, 6) is -0.559. The minimum Gasteiger partial charge on any atom is -0.462 e. The summed E-state index contributed by atoms with van der Waals surface area (Å²) in [6, 6.07) is 0. The van der Waals surface area contributed by atoms with Crippen molar-refractivity contribution in [3.63, 3.8) is 0 Å². The molecule has 19 heteroatoms. The van der Waals surface area contributed by atoms with E-state index in [0.717, 1.165) is 102 Å². The third-order valence-corrected chi connectivity index (χ3v) is 19.1. The molecule has 0 aromatic carbocycles. The third kappa shape index (κ3) is 68.4. The largest absolute Gasteiger partial charge is 0.472 e. The molecule has 3 N–H and O–H groups in total. The lowest BCUT2D eigenvalue weighted by molar-refractivity contribution is -0.161. The molecule has 0 radical (unpaired) electrons. The summed E-state index contributed by atoms with van der Waals surface area (Å²) in [4.78, 5) is 72.7. The van der Waals surface area contributed by atoms with E-state index in [1.165, 1.54) is 199 Å². The second kappa shape index (κ2) is 66.0. The second-order valence-corrected chi connectivity index (χ2v) is 30.5. The highest BCUT2D eigenvalue weighted by molar-refractivity contribution is 7.47. The van der Waals surface area contributed by atoms with Crippen LogP contribution in [0.1, 0.15) is 382 Å². The molecule has 0 aliphatic rings. The fraction of sp³-hybridized carbons (Fsp3) is 0.946. The van der Waals surface area contributed by atoms with Crippen molar-refractivity contribution in [3.8, 4) is 0 Å². The zero-order valence-electron chi connectivity index (χ0n) is 60.6. The molecule has 0 heterocycles. The number of unbranched alkanes of at least 4 members (excludes halogenated alkanes) is 43. The fourth-order valence-corrected chi connectivity index (χ4v) is 12.9. The first kappa shape index (κ1) is 91.1. The lowest BCUT2D eigenvalue weighted by Crippen LogP contribution is -2.30. The van der Waals surface area contributed by atoms with Crippen molar-refractivity contribution in [3.05, 3.63) is 0 Å². The summed E-state index contributed by atoms with van der Waals surface area (Å²) in [7, 11) is -9.91. The van der Waals surface area contributed by atoms with Crippen molar-refractivity contribution >= 4 is 39.5 Å². The van der Waals surface area contributed by atoms with E-state index in [1.807, 2.05) is 0 Å². The van der Waals surface area contributed by atoms with Crippen molar-refractivity contribution in [2.24, 2.45) is 11.8 Å². The number of aliphatic hydroxyl groups excluding tert-OH is 1. The van der Waals surface area contributed by atoms with Crippen LogP contribution in [0.15, 0.2) is 0 Å². The lowest BCUT2D eigenvalue weighted by atomic mass is 10.0. The van der Waals surface area contributed by atoms with Crippen molar-refractivity contribution < 1.29 is 80.2 Å². The summed E-state index contributed by atoms with van der Waals surface area (Å²) < 4.78 is 68.5. The number of phosphoric ester groups is 2. The number of hydrogen-bond acceptors (Lipinski definition) is 15. The molecule has 2 unspecified atom stereocenters. The molecule has 0 aliphatic heterocycles. The maximum absolute atomic E-state index is 13.1. The standard InChI is InChI=1S/C74H144O17P2/c1-7-9-11-13-15-17-19-21-27-34-40-46-52-58-73(78)90-69(62-84-71(76)56-50-44-38-32-18-16-14-12-10-8-2)64-88-92(80,81)86-60-68(75)61-87-93(82,83)89-65-70(63-85-72(77)57-51-45-39-33-29-24-26-31-37-43-49-55-67(5)6)91-74(79)59-53-47-41-35-28-23-20-22-25-30-36-42-48-54-66(3)4/h66-70,75H,7-65H2,1-6H3,(H,80,81)(H,82,83)/t68-,69+,70+/m0/s1. The maximum atomic E-state index is 13.1. The van der Waals surface area contributed by atoms with Crippen LogP contribution in [0.5, 0.6) is 0 Å². The molecular weight excluding hydrogens is 1220 g/mol. The van der Waals surface area contributed by atoms with E-state index < -0.39 is 97.5 Å². The summed E-state index contributed by atoms with van der Waals surface area (Å²) in [5, 5.41) is 10.6. The van der Waals surface area contributed by atoms with Crippen molar-refractivity contribution in [1.82, 2.24) is 0 Å². The molecule has 0 fully saturated rings. The molecule has 0 rings (SSSR count). The highest BCUT2D eigenvalue weighted by atomic mass is 31.2. The molecule has 0 bridgehead atoms. The Morgan fingerprint density at radius 1 is 0.290 bits per heavy atom. The number of rotatable bonds is 73. The Bertz CT molecular complexity index is 1800. The van der Waals surface area contributed by atoms with Gasteiger partial charge in [0.2, 0.25) is 0 Å². The first-order valence-electron chi connectivity index (χ1n) is 38.5. The van der Waals surface area contributed by atoms with Gasteiger partial charge in [0.05, 0.1) is 26.4 Å². The minimum atomic E-state index is -4.96. The van der Waals surface area contributed by atoms with Gasteiger partial charge in [-0.25, -0.2) is 9.13 Å². The van der Waals surface area contributed by atoms with Crippen LogP contribution in [0.2, 0.25) is 0 Å². The Morgan fingerprint density at radius 3 is 0.731 bits per heavy atom. The molecule has 93 heavy (non-hydrogen) atoms. The van der Waals surface area contributed by atoms with Crippen LogP contribution in [0.25, 0.3) is 0 Å². The Labute approximate surface area is 568 Å². The number of hydrogen-bond donors (Lipinski definition) is 3. The number of carbonyl (C=O) groups is 4. The summed E-state index contributed by atoms with van der Waals surface area (Å²) >= 11 is 0. The molecule has 0 aromatic heterocycles. The smallest absolute Gasteiger partial charge is 0.462 e. The molecule has 0 aromatic rings. The monoisotopic (exact) mass is 1370 g/mol. The van der Waals surface area contributed by atoms with Gasteiger partial charge < -0.3 is 33.8 Å². The van der Waals surface area contributed by atoms with E-state index >= 15 is 0 Å². The van der Waals surface area contributed by atoms with E-state index in [-0.39, 0.29) is 25.7 Å². The Kier molecular flexibility index (Phi) is 64.6. The fourth-order valence-electron chi connectivity index (χ4n) is 11.3. The average molecular weight is 1370 g/mol. The molecule has 17 nitrogen and oxygen atoms in total. The second-order valence-electron chi connectivity index (χ2n) is 27.6. The number of esters is 4. The average Bonchev–Trinajstić information content (AvgIpc) is 3.41. The van der Waals surface area contributed by atoms with Gasteiger partial charge >= 0.3 is 39.5 Å². The summed E-state index contributed by atoms with van der Waals surface area (Å²) in [5.41, 5.74) is 0. The van der Waals surface area contributed by atoms with Gasteiger partial charge in [-0.3, -0.25) is 37.3 Å². The quantitative estimate of drug-likeness (QED) is 0.0222. The molecule has 5 atom stereocenters. The van der Waals surface area contributed by atoms with Gasteiger partial charge in [0.1, 0.15) is 19.3 Å². The predicted molar refractivity (Wildman–Crippen MR) is 377 cm³/mol. The normalized spacial score (nSPS) is 14.1. The van der Waals surface area contributed by atoms with E-state index in [4.69, 9.17) is 37.0 Å². The third-order valence-electron chi connectivity index (χ3n) is 17.2. The van der Waals surface area contributed by atoms with Crippen LogP contribution in [0.4, 0.5) is 0 Å². The van der Waals surface area contributed by atoms with Crippen molar-refractivity contribution in [2.75, 3.05) is 39.6 Å². The van der Waals surface area contributed by atoms with E-state index in [0.29, 0.717) is 25.7 Å². The van der Waals surface area contributed by atoms with E-state index in [1.54, 1.807) is 0 Å². The van der Waals surface area contributed by atoms with Crippen molar-refractivity contribution in [1.29, 1.82) is 0 Å². The molecule has 0 aliphatic carbocycles. The van der Waals surface area contributed by atoms with Crippen molar-refractivity contribution in [2.45, 2.75) is 400 Å². The van der Waals surface area contributed by atoms with Crippen LogP contribution < -0.4 is 0 Å². The van der Waals surface area contributed by atoms with Gasteiger partial charge in [0.15, 0.2) is 12.2 Å². The maximum Gasteiger partial charge on any atom is 0.472 e. The SMILES string of the molecule is CCCCCCCCCCCCCCCC(=O)O[C@H](COC(=O)CCCCCCCCCCCC)COP(=O)(O)OC[C@H](O)COP(=O)(O)OC[C@@H](COC(=O)CCCCCCCCCCCCCC(C)C)OC(=O)CCCCCCCCCCCCCCCC(C)C. The Hall–Kier alpha value is -1.94. The predicted octanol–water partition coefficient (Wildman–Crippen LogP) is 21.6.